The minimum Gasteiger partial charge on any atom is -0.494 e. The highest BCUT2D eigenvalue weighted by Gasteiger charge is 2.05. The molecule has 0 atom stereocenters. The Bertz CT molecular complexity index is 479. The van der Waals surface area contributed by atoms with Crippen LogP contribution in [0.25, 0.3) is 10.2 Å². The predicted molar refractivity (Wildman–Crippen MR) is 69.5 cm³/mol. The minimum absolute atomic E-state index is 0.409. The van der Waals surface area contributed by atoms with Crippen molar-refractivity contribution in [2.45, 2.75) is 26.8 Å². The molecule has 0 radical (unpaired) electrons. The molecule has 0 fully saturated rings. The molecule has 0 saturated carbocycles. The van der Waals surface area contributed by atoms with E-state index in [1.807, 2.05) is 25.1 Å². The van der Waals surface area contributed by atoms with Gasteiger partial charge in [0.1, 0.15) is 5.75 Å². The normalized spacial score (nSPS) is 11.0. The molecule has 1 heterocycles. The molecule has 1 aromatic carbocycles. The fraction of sp³-hybridized carbons (Fsp3) is 0.417. The van der Waals surface area contributed by atoms with Crippen molar-refractivity contribution in [1.82, 2.24) is 4.98 Å². The lowest BCUT2D eigenvalue weighted by atomic mass is 10.3. The van der Waals surface area contributed by atoms with Crippen LogP contribution in [0.1, 0.15) is 20.8 Å². The highest BCUT2D eigenvalue weighted by molar-refractivity contribution is 7.22. The van der Waals surface area contributed by atoms with Crippen molar-refractivity contribution in [2.24, 2.45) is 0 Å². The van der Waals surface area contributed by atoms with Gasteiger partial charge in [-0.2, -0.15) is 0 Å². The molecule has 86 valence electrons. The Labute approximate surface area is 99.5 Å². The Hall–Kier alpha value is -1.29. The van der Waals surface area contributed by atoms with E-state index >= 15 is 0 Å². The maximum absolute atomic E-state index is 5.46. The number of nitrogens with one attached hydrogen (secondary N) is 1. The summed E-state index contributed by atoms with van der Waals surface area (Å²) < 4.78 is 6.62. The van der Waals surface area contributed by atoms with Crippen molar-refractivity contribution in [2.75, 3.05) is 11.9 Å². The van der Waals surface area contributed by atoms with Crippen molar-refractivity contribution in [1.29, 1.82) is 0 Å². The first-order valence-electron chi connectivity index (χ1n) is 5.49. The molecule has 1 aromatic heterocycles. The zero-order valence-corrected chi connectivity index (χ0v) is 10.6. The van der Waals surface area contributed by atoms with Gasteiger partial charge in [0.05, 0.1) is 16.8 Å². The van der Waals surface area contributed by atoms with E-state index in [4.69, 9.17) is 4.74 Å². The van der Waals surface area contributed by atoms with E-state index in [1.165, 1.54) is 0 Å². The highest BCUT2D eigenvalue weighted by Crippen LogP contribution is 2.29. The molecule has 0 aliphatic heterocycles. The van der Waals surface area contributed by atoms with Gasteiger partial charge in [0.15, 0.2) is 5.13 Å². The summed E-state index contributed by atoms with van der Waals surface area (Å²) in [5, 5.41) is 4.28. The van der Waals surface area contributed by atoms with Gasteiger partial charge < -0.3 is 10.1 Å². The van der Waals surface area contributed by atoms with E-state index in [-0.39, 0.29) is 0 Å². The van der Waals surface area contributed by atoms with Crippen LogP contribution in [0.4, 0.5) is 5.13 Å². The summed E-state index contributed by atoms with van der Waals surface area (Å²) in [5.74, 6) is 0.912. The molecule has 3 nitrogen and oxygen atoms in total. The van der Waals surface area contributed by atoms with Crippen LogP contribution in [0.5, 0.6) is 5.75 Å². The third-order valence-corrected chi connectivity index (χ3v) is 3.03. The lowest BCUT2D eigenvalue weighted by Gasteiger charge is -2.03. The van der Waals surface area contributed by atoms with Crippen molar-refractivity contribution < 1.29 is 4.74 Å². The molecular weight excluding hydrogens is 220 g/mol. The molecule has 0 spiro atoms. The first kappa shape index (κ1) is 11.2. The molecule has 2 rings (SSSR count). The van der Waals surface area contributed by atoms with E-state index in [2.05, 4.69) is 24.1 Å². The average Bonchev–Trinajstić information content (AvgIpc) is 2.58. The first-order chi connectivity index (χ1) is 7.69. The fourth-order valence-electron chi connectivity index (χ4n) is 1.47. The number of nitrogens with zero attached hydrogens (tertiary/aromatic N) is 1. The van der Waals surface area contributed by atoms with E-state index in [1.54, 1.807) is 11.3 Å². The summed E-state index contributed by atoms with van der Waals surface area (Å²) in [6.45, 7) is 6.90. The molecule has 1 N–H and O–H groups in total. The van der Waals surface area contributed by atoms with E-state index < -0.39 is 0 Å². The molecule has 2 aromatic rings. The van der Waals surface area contributed by atoms with Gasteiger partial charge in [0.2, 0.25) is 0 Å². The molecule has 0 aliphatic carbocycles. The summed E-state index contributed by atoms with van der Waals surface area (Å²) in [4.78, 5) is 4.51. The van der Waals surface area contributed by atoms with Crippen LogP contribution in [-0.2, 0) is 0 Å². The zero-order valence-electron chi connectivity index (χ0n) is 9.78. The second-order valence-electron chi connectivity index (χ2n) is 3.88. The van der Waals surface area contributed by atoms with E-state index in [0.717, 1.165) is 21.1 Å². The Morgan fingerprint density at radius 1 is 1.44 bits per heavy atom. The summed E-state index contributed by atoms with van der Waals surface area (Å²) >= 11 is 1.66. The van der Waals surface area contributed by atoms with Crippen LogP contribution in [0, 0.1) is 0 Å². The fourth-order valence-corrected chi connectivity index (χ4v) is 2.51. The highest BCUT2D eigenvalue weighted by atomic mass is 32.1. The Kier molecular flexibility index (Phi) is 3.29. The molecule has 4 heteroatoms. The van der Waals surface area contributed by atoms with Crippen LogP contribution in [-0.4, -0.2) is 17.6 Å². The third-order valence-electron chi connectivity index (χ3n) is 2.08. The molecule has 0 amide bonds. The van der Waals surface area contributed by atoms with Crippen LogP contribution in [0.15, 0.2) is 18.2 Å². The predicted octanol–water partition coefficient (Wildman–Crippen LogP) is 3.52. The maximum Gasteiger partial charge on any atom is 0.183 e. The Morgan fingerprint density at radius 3 is 2.94 bits per heavy atom. The Morgan fingerprint density at radius 2 is 2.25 bits per heavy atom. The number of thiazole rings is 1. The van der Waals surface area contributed by atoms with Crippen molar-refractivity contribution in [3.63, 3.8) is 0 Å². The lowest BCUT2D eigenvalue weighted by molar-refractivity contribution is 0.341. The number of hydrogen-bond donors (Lipinski definition) is 1. The van der Waals surface area contributed by atoms with Crippen LogP contribution >= 0.6 is 11.3 Å². The average molecular weight is 236 g/mol. The topological polar surface area (TPSA) is 34.1 Å². The zero-order chi connectivity index (χ0) is 11.5. The van der Waals surface area contributed by atoms with Gasteiger partial charge in [0.25, 0.3) is 0 Å². The van der Waals surface area contributed by atoms with E-state index in [9.17, 15) is 0 Å². The van der Waals surface area contributed by atoms with Gasteiger partial charge in [-0.15, -0.1) is 0 Å². The number of hydrogen-bond acceptors (Lipinski definition) is 4. The standard InChI is InChI=1S/C12H16N2OS/c1-4-15-9-5-6-10-11(7-9)16-12(14-10)13-8(2)3/h5-8H,4H2,1-3H3,(H,13,14). The largest absolute Gasteiger partial charge is 0.494 e. The molecule has 0 bridgehead atoms. The minimum atomic E-state index is 0.409. The third kappa shape index (κ3) is 2.44. The number of rotatable bonds is 4. The summed E-state index contributed by atoms with van der Waals surface area (Å²) in [7, 11) is 0. The van der Waals surface area contributed by atoms with Crippen molar-refractivity contribution >= 4 is 26.7 Å². The van der Waals surface area contributed by atoms with Crippen molar-refractivity contribution in [3.05, 3.63) is 18.2 Å². The van der Waals surface area contributed by atoms with E-state index in [0.29, 0.717) is 12.6 Å². The summed E-state index contributed by atoms with van der Waals surface area (Å²) in [6, 6.07) is 6.42. The number of benzene rings is 1. The molecule has 0 aliphatic rings. The number of aromatic nitrogens is 1. The van der Waals surface area contributed by atoms with Crippen molar-refractivity contribution in [3.8, 4) is 5.75 Å². The molecule has 0 saturated heterocycles. The summed E-state index contributed by atoms with van der Waals surface area (Å²) in [6.07, 6.45) is 0. The van der Waals surface area contributed by atoms with Crippen LogP contribution in [0.2, 0.25) is 0 Å². The quantitative estimate of drug-likeness (QED) is 0.882. The Balaban J connectivity index is 2.30. The second-order valence-corrected chi connectivity index (χ2v) is 4.91. The van der Waals surface area contributed by atoms with Gasteiger partial charge in [-0.25, -0.2) is 4.98 Å². The monoisotopic (exact) mass is 236 g/mol. The molecule has 16 heavy (non-hydrogen) atoms. The van der Waals surface area contributed by atoms with Gasteiger partial charge in [-0.1, -0.05) is 11.3 Å². The number of fused-ring (bicyclic) bond motifs is 1. The van der Waals surface area contributed by atoms with Gasteiger partial charge in [-0.3, -0.25) is 0 Å². The lowest BCUT2D eigenvalue weighted by Crippen LogP contribution is -2.08. The van der Waals surface area contributed by atoms with Gasteiger partial charge in [0, 0.05) is 6.04 Å². The number of ether oxygens (including phenoxy) is 1. The molecule has 0 unspecified atom stereocenters. The smallest absolute Gasteiger partial charge is 0.183 e. The van der Waals surface area contributed by atoms with Crippen LogP contribution < -0.4 is 10.1 Å². The maximum atomic E-state index is 5.46. The van der Waals surface area contributed by atoms with Crippen LogP contribution in [0.3, 0.4) is 0 Å². The number of anilines is 1. The first-order valence-corrected chi connectivity index (χ1v) is 6.30. The summed E-state index contributed by atoms with van der Waals surface area (Å²) in [5.41, 5.74) is 1.02. The molecular formula is C12H16N2OS. The SMILES string of the molecule is CCOc1ccc2nc(NC(C)C)sc2c1. The second kappa shape index (κ2) is 4.70. The van der Waals surface area contributed by atoms with Gasteiger partial charge in [-0.05, 0) is 39.0 Å². The van der Waals surface area contributed by atoms with Gasteiger partial charge >= 0.3 is 0 Å².